The maximum atomic E-state index is 13.1. The third kappa shape index (κ3) is 4.51. The topological polar surface area (TPSA) is 95.9 Å². The molecule has 0 radical (unpaired) electrons. The molecule has 2 aliphatic carbocycles. The lowest BCUT2D eigenvalue weighted by Crippen LogP contribution is -2.46. The predicted octanol–water partition coefficient (Wildman–Crippen LogP) is 4.41. The molecule has 7 heteroatoms. The Morgan fingerprint density at radius 2 is 1.66 bits per heavy atom. The Hall–Kier alpha value is -3.35. The molecule has 1 aliphatic heterocycles. The summed E-state index contributed by atoms with van der Waals surface area (Å²) in [4.78, 5) is 39.0. The molecule has 2 aromatic rings. The summed E-state index contributed by atoms with van der Waals surface area (Å²) in [6, 6.07) is 16.0. The third-order valence-corrected chi connectivity index (χ3v) is 8.04. The molecule has 7 nitrogen and oxygen atoms in total. The van der Waals surface area contributed by atoms with Crippen molar-refractivity contribution in [3.05, 3.63) is 59.7 Å². The normalized spacial score (nSPS) is 25.6. The van der Waals surface area contributed by atoms with E-state index in [-0.39, 0.29) is 36.4 Å². The van der Waals surface area contributed by atoms with Gasteiger partial charge in [-0.3, -0.25) is 9.59 Å². The molecule has 5 rings (SSSR count). The van der Waals surface area contributed by atoms with Gasteiger partial charge < -0.3 is 20.1 Å². The van der Waals surface area contributed by atoms with Crippen LogP contribution in [-0.4, -0.2) is 53.2 Å². The highest BCUT2D eigenvalue weighted by molar-refractivity contribution is 5.82. The molecule has 1 heterocycles. The Kier molecular flexibility index (Phi) is 6.50. The molecule has 0 bridgehead atoms. The van der Waals surface area contributed by atoms with E-state index in [0.29, 0.717) is 19.4 Å². The predicted molar refractivity (Wildman–Crippen MR) is 131 cm³/mol. The minimum atomic E-state index is -0.841. The minimum Gasteiger partial charge on any atom is -0.481 e. The largest absolute Gasteiger partial charge is 0.481 e. The van der Waals surface area contributed by atoms with E-state index in [9.17, 15) is 19.5 Å². The molecule has 35 heavy (non-hydrogen) atoms. The average molecular weight is 477 g/mol. The molecular formula is C28H32N2O5. The number of carbonyl (C=O) groups excluding carboxylic acids is 2. The summed E-state index contributed by atoms with van der Waals surface area (Å²) in [7, 11) is 0. The quantitative estimate of drug-likeness (QED) is 0.667. The van der Waals surface area contributed by atoms with Crippen LogP contribution in [0.1, 0.15) is 56.1 Å². The van der Waals surface area contributed by atoms with Crippen LogP contribution in [0.5, 0.6) is 0 Å². The van der Waals surface area contributed by atoms with Gasteiger partial charge in [-0.2, -0.15) is 0 Å². The van der Waals surface area contributed by atoms with E-state index in [0.717, 1.165) is 19.3 Å². The van der Waals surface area contributed by atoms with Gasteiger partial charge in [0.05, 0.1) is 5.92 Å². The number of carbonyl (C=O) groups is 3. The number of rotatable bonds is 5. The van der Waals surface area contributed by atoms with Crippen molar-refractivity contribution in [2.45, 2.75) is 57.0 Å². The van der Waals surface area contributed by atoms with Crippen molar-refractivity contribution in [2.75, 3.05) is 13.2 Å². The highest BCUT2D eigenvalue weighted by Crippen LogP contribution is 2.44. The van der Waals surface area contributed by atoms with Crippen LogP contribution in [0.15, 0.2) is 48.5 Å². The number of nitrogens with one attached hydrogen (secondary N) is 1. The monoisotopic (exact) mass is 476 g/mol. The highest BCUT2D eigenvalue weighted by atomic mass is 16.5. The summed E-state index contributed by atoms with van der Waals surface area (Å²) < 4.78 is 5.68. The number of carboxylic acid groups (broad SMARTS) is 1. The molecule has 2 N–H and O–H groups in total. The molecule has 0 spiro atoms. The molecule has 0 aromatic heterocycles. The second kappa shape index (κ2) is 9.72. The van der Waals surface area contributed by atoms with E-state index in [2.05, 4.69) is 29.6 Å². The zero-order chi connectivity index (χ0) is 24.5. The van der Waals surface area contributed by atoms with E-state index < -0.39 is 18.0 Å². The molecule has 2 aromatic carbocycles. The molecule has 3 aliphatic rings. The number of fused-ring (bicyclic) bond motifs is 3. The van der Waals surface area contributed by atoms with Gasteiger partial charge in [-0.1, -0.05) is 55.0 Å². The van der Waals surface area contributed by atoms with Crippen LogP contribution in [0.2, 0.25) is 0 Å². The van der Waals surface area contributed by atoms with Crippen molar-refractivity contribution < 1.29 is 24.2 Å². The molecule has 184 valence electrons. The molecular weight excluding hydrogens is 444 g/mol. The van der Waals surface area contributed by atoms with Gasteiger partial charge in [0, 0.05) is 30.5 Å². The lowest BCUT2D eigenvalue weighted by Gasteiger charge is -2.33. The van der Waals surface area contributed by atoms with E-state index in [1.165, 1.54) is 22.3 Å². The van der Waals surface area contributed by atoms with Crippen molar-refractivity contribution in [1.29, 1.82) is 0 Å². The van der Waals surface area contributed by atoms with Crippen LogP contribution in [-0.2, 0) is 14.3 Å². The number of likely N-dealkylation sites (tertiary alicyclic amines) is 1. The van der Waals surface area contributed by atoms with Crippen LogP contribution in [0.3, 0.4) is 0 Å². The van der Waals surface area contributed by atoms with Crippen molar-refractivity contribution >= 4 is 18.0 Å². The first kappa shape index (κ1) is 23.4. The molecule has 2 amide bonds. The number of hydrogen-bond donors (Lipinski definition) is 2. The van der Waals surface area contributed by atoms with Gasteiger partial charge in [0.25, 0.3) is 0 Å². The Morgan fingerprint density at radius 3 is 2.29 bits per heavy atom. The first-order valence-corrected chi connectivity index (χ1v) is 12.6. The van der Waals surface area contributed by atoms with Gasteiger partial charge in [-0.15, -0.1) is 0 Å². The number of ether oxygens (including phenoxy) is 1. The molecule has 4 atom stereocenters. The lowest BCUT2D eigenvalue weighted by molar-refractivity contribution is -0.144. The molecule has 2 fully saturated rings. The summed E-state index contributed by atoms with van der Waals surface area (Å²) in [5.74, 6) is -1.52. The van der Waals surface area contributed by atoms with Gasteiger partial charge in [0.1, 0.15) is 6.61 Å². The van der Waals surface area contributed by atoms with Gasteiger partial charge in [0.15, 0.2) is 0 Å². The fourth-order valence-electron chi connectivity index (χ4n) is 6.17. The Labute approximate surface area is 205 Å². The van der Waals surface area contributed by atoms with Gasteiger partial charge in [-0.25, -0.2) is 4.79 Å². The maximum Gasteiger partial charge on any atom is 0.407 e. The summed E-state index contributed by atoms with van der Waals surface area (Å²) in [6.07, 6.45) is 3.02. The zero-order valence-corrected chi connectivity index (χ0v) is 20.0. The standard InChI is InChI=1S/C28H32N2O5/c1-17-20(27(32)33)13-14-30(17)26(31)18-7-6-8-19(15-18)29-28(34)35-16-25-23-11-4-2-9-21(23)22-10-3-5-12-24(22)25/h2-5,9-12,17-20,25H,6-8,13-16H2,1H3,(H,29,34)(H,32,33)/t17?,18-,19+,20?/m0/s1. The number of carboxylic acids is 1. The van der Waals surface area contributed by atoms with Crippen LogP contribution in [0.25, 0.3) is 11.1 Å². The highest BCUT2D eigenvalue weighted by Gasteiger charge is 2.41. The zero-order valence-electron chi connectivity index (χ0n) is 20.0. The molecule has 1 saturated carbocycles. The van der Waals surface area contributed by atoms with Crippen molar-refractivity contribution in [3.8, 4) is 11.1 Å². The van der Waals surface area contributed by atoms with Gasteiger partial charge in [-0.05, 0) is 54.9 Å². The fourth-order valence-corrected chi connectivity index (χ4v) is 6.17. The summed E-state index contributed by atoms with van der Waals surface area (Å²) in [5, 5.41) is 12.4. The summed E-state index contributed by atoms with van der Waals surface area (Å²) >= 11 is 0. The van der Waals surface area contributed by atoms with E-state index in [1.807, 2.05) is 31.2 Å². The number of alkyl carbamates (subject to hydrolysis) is 1. The average Bonchev–Trinajstić information content (AvgIpc) is 3.40. The number of aliphatic carboxylic acids is 1. The van der Waals surface area contributed by atoms with Crippen LogP contribution < -0.4 is 5.32 Å². The van der Waals surface area contributed by atoms with Crippen molar-refractivity contribution in [2.24, 2.45) is 11.8 Å². The first-order valence-electron chi connectivity index (χ1n) is 12.6. The second-order valence-electron chi connectivity index (χ2n) is 10.0. The van der Waals surface area contributed by atoms with Crippen molar-refractivity contribution in [1.82, 2.24) is 10.2 Å². The SMILES string of the molecule is CC1C(C(=O)O)CCN1C(=O)[C@H]1CCC[C@@H](NC(=O)OCC2c3ccccc3-c3ccccc32)C1. The number of nitrogens with zero attached hydrogens (tertiary/aromatic N) is 1. The first-order chi connectivity index (χ1) is 16.9. The van der Waals surface area contributed by atoms with Crippen LogP contribution >= 0.6 is 0 Å². The Balaban J connectivity index is 1.17. The lowest BCUT2D eigenvalue weighted by atomic mass is 9.84. The summed E-state index contributed by atoms with van der Waals surface area (Å²) in [6.45, 7) is 2.56. The van der Waals surface area contributed by atoms with E-state index in [1.54, 1.807) is 4.90 Å². The van der Waals surface area contributed by atoms with Crippen LogP contribution in [0.4, 0.5) is 4.79 Å². The Morgan fingerprint density at radius 1 is 1.00 bits per heavy atom. The maximum absolute atomic E-state index is 13.1. The smallest absolute Gasteiger partial charge is 0.407 e. The summed E-state index contributed by atoms with van der Waals surface area (Å²) in [5.41, 5.74) is 4.72. The molecule has 2 unspecified atom stereocenters. The number of amides is 2. The molecule has 1 saturated heterocycles. The van der Waals surface area contributed by atoms with E-state index in [4.69, 9.17) is 4.74 Å². The number of hydrogen-bond acceptors (Lipinski definition) is 4. The number of benzene rings is 2. The second-order valence-corrected chi connectivity index (χ2v) is 10.0. The van der Waals surface area contributed by atoms with Gasteiger partial charge >= 0.3 is 12.1 Å². The minimum absolute atomic E-state index is 0.00710. The van der Waals surface area contributed by atoms with Gasteiger partial charge in [0.2, 0.25) is 5.91 Å². The Bertz CT molecular complexity index is 1090. The van der Waals surface area contributed by atoms with E-state index >= 15 is 0 Å². The fraction of sp³-hybridized carbons (Fsp3) is 0.464. The van der Waals surface area contributed by atoms with Crippen LogP contribution in [0, 0.1) is 11.8 Å². The third-order valence-electron chi connectivity index (χ3n) is 8.04. The van der Waals surface area contributed by atoms with Crippen molar-refractivity contribution in [3.63, 3.8) is 0 Å².